The molecule has 2 saturated heterocycles. The largest absolute Gasteiger partial charge is 0.497 e. The van der Waals surface area contributed by atoms with E-state index in [4.69, 9.17) is 4.74 Å². The maximum Gasteiger partial charge on any atom is 0.240 e. The molecular weight excluding hydrogens is 406 g/mol. The van der Waals surface area contributed by atoms with Crippen molar-refractivity contribution in [2.24, 2.45) is 22.4 Å². The van der Waals surface area contributed by atoms with Crippen LogP contribution in [0.15, 0.2) is 53.6 Å². The molecule has 0 bridgehead atoms. The van der Waals surface area contributed by atoms with Crippen LogP contribution in [0.1, 0.15) is 37.9 Å². The first-order valence-electron chi connectivity index (χ1n) is 10.7. The van der Waals surface area contributed by atoms with Gasteiger partial charge in [-0.15, -0.1) is 0 Å². The number of benzene rings is 2. The van der Waals surface area contributed by atoms with Crippen LogP contribution in [0.4, 0.5) is 5.69 Å². The second kappa shape index (κ2) is 7.02. The van der Waals surface area contributed by atoms with Crippen LogP contribution >= 0.6 is 0 Å². The van der Waals surface area contributed by atoms with E-state index in [2.05, 4.69) is 5.10 Å². The Morgan fingerprint density at radius 2 is 1.62 bits per heavy atom. The predicted octanol–water partition coefficient (Wildman–Crippen LogP) is 3.19. The van der Waals surface area contributed by atoms with Crippen LogP contribution in [0.3, 0.4) is 0 Å². The van der Waals surface area contributed by atoms with Gasteiger partial charge in [0, 0.05) is 5.41 Å². The molecule has 0 aliphatic carbocycles. The summed E-state index contributed by atoms with van der Waals surface area (Å²) in [7, 11) is 1.56. The lowest BCUT2D eigenvalue weighted by molar-refractivity contribution is -0.136. The Hall–Kier alpha value is -3.48. The Morgan fingerprint density at radius 1 is 0.969 bits per heavy atom. The number of carbonyl (C=O) groups excluding carboxylic acids is 3. The number of carbonyl (C=O) groups is 3. The first-order valence-corrected chi connectivity index (χ1v) is 10.7. The van der Waals surface area contributed by atoms with E-state index in [1.54, 1.807) is 42.6 Å². The number of rotatable bonds is 3. The molecular formula is C25H25N3O4. The van der Waals surface area contributed by atoms with Crippen LogP contribution in [0.25, 0.3) is 0 Å². The number of anilines is 1. The molecule has 164 valence electrons. The van der Waals surface area contributed by atoms with Crippen molar-refractivity contribution in [1.82, 2.24) is 5.01 Å². The number of nitrogens with zero attached hydrogens (tertiary/aromatic N) is 3. The average molecular weight is 431 g/mol. The fourth-order valence-corrected chi connectivity index (χ4v) is 5.10. The highest BCUT2D eigenvalue weighted by molar-refractivity contribution is 6.24. The Bertz CT molecular complexity index is 1150. The summed E-state index contributed by atoms with van der Waals surface area (Å²) in [5.74, 6) is -1.57. The van der Waals surface area contributed by atoms with Gasteiger partial charge in [0.05, 0.1) is 36.9 Å². The second-order valence-electron chi connectivity index (χ2n) is 9.52. The summed E-state index contributed by atoms with van der Waals surface area (Å²) in [5, 5.41) is 6.27. The van der Waals surface area contributed by atoms with E-state index in [9.17, 15) is 14.4 Å². The molecule has 2 aromatic carbocycles. The van der Waals surface area contributed by atoms with E-state index >= 15 is 0 Å². The number of hydrazone groups is 1. The zero-order valence-electron chi connectivity index (χ0n) is 18.5. The lowest BCUT2D eigenvalue weighted by Gasteiger charge is -2.35. The smallest absolute Gasteiger partial charge is 0.240 e. The van der Waals surface area contributed by atoms with Crippen LogP contribution < -0.4 is 9.64 Å². The number of fused-ring (bicyclic) bond motifs is 5. The summed E-state index contributed by atoms with van der Waals surface area (Å²) >= 11 is 0. The van der Waals surface area contributed by atoms with Crippen molar-refractivity contribution in [3.63, 3.8) is 0 Å². The molecule has 0 spiro atoms. The van der Waals surface area contributed by atoms with Gasteiger partial charge in [0.25, 0.3) is 0 Å². The molecule has 3 heterocycles. The summed E-state index contributed by atoms with van der Waals surface area (Å²) in [6.07, 6.45) is 1.71. The molecule has 2 fully saturated rings. The average Bonchev–Trinajstić information content (AvgIpc) is 3.25. The maximum absolute atomic E-state index is 13.7. The third-order valence-corrected chi connectivity index (χ3v) is 6.63. The first-order chi connectivity index (χ1) is 15.2. The van der Waals surface area contributed by atoms with Gasteiger partial charge in [-0.05, 0) is 35.4 Å². The van der Waals surface area contributed by atoms with Crippen molar-refractivity contribution >= 4 is 29.5 Å². The number of ketones is 1. The standard InChI is InChI=1S/C25H25N3O4/c1-25(2,3)22(29)21-19-18(20-17-8-6-5-7-14(17)13-26-28(20)21)23(30)27(24(19)31)15-9-11-16(32-4)12-10-15/h5-13,18-21H,1-4H3/t18-,19-,20+,21+/m0/s1. The minimum absolute atomic E-state index is 0.0933. The number of hydrogen-bond acceptors (Lipinski definition) is 6. The van der Waals surface area contributed by atoms with Crippen molar-refractivity contribution in [1.29, 1.82) is 0 Å². The van der Waals surface area contributed by atoms with E-state index in [-0.39, 0.29) is 17.6 Å². The third-order valence-electron chi connectivity index (χ3n) is 6.63. The van der Waals surface area contributed by atoms with Crippen LogP contribution in [-0.4, -0.2) is 42.0 Å². The van der Waals surface area contributed by atoms with Crippen LogP contribution in [0, 0.1) is 17.3 Å². The minimum Gasteiger partial charge on any atom is -0.497 e. The fourth-order valence-electron chi connectivity index (χ4n) is 5.10. The van der Waals surface area contributed by atoms with Gasteiger partial charge in [0.1, 0.15) is 11.8 Å². The number of hydrogen-bond donors (Lipinski definition) is 0. The van der Waals surface area contributed by atoms with Crippen molar-refractivity contribution < 1.29 is 19.1 Å². The van der Waals surface area contributed by atoms with Gasteiger partial charge in [-0.3, -0.25) is 19.4 Å². The molecule has 0 saturated carbocycles. The number of amides is 2. The molecule has 4 atom stereocenters. The highest BCUT2D eigenvalue weighted by Gasteiger charge is 2.66. The lowest BCUT2D eigenvalue weighted by Crippen LogP contribution is -2.48. The van der Waals surface area contributed by atoms with Gasteiger partial charge in [0.15, 0.2) is 5.78 Å². The topological polar surface area (TPSA) is 79.3 Å². The molecule has 7 heteroatoms. The molecule has 5 rings (SSSR count). The van der Waals surface area contributed by atoms with E-state index in [1.807, 2.05) is 45.0 Å². The van der Waals surface area contributed by atoms with Gasteiger partial charge >= 0.3 is 0 Å². The molecule has 7 nitrogen and oxygen atoms in total. The molecule has 2 aromatic rings. The van der Waals surface area contributed by atoms with Crippen molar-refractivity contribution in [3.05, 3.63) is 59.7 Å². The van der Waals surface area contributed by atoms with Crippen molar-refractivity contribution in [3.8, 4) is 5.75 Å². The van der Waals surface area contributed by atoms with Crippen molar-refractivity contribution in [2.45, 2.75) is 32.9 Å². The molecule has 0 aromatic heterocycles. The van der Waals surface area contributed by atoms with E-state index in [1.165, 1.54) is 4.90 Å². The molecule has 0 unspecified atom stereocenters. The minimum atomic E-state index is -0.797. The summed E-state index contributed by atoms with van der Waals surface area (Å²) in [6, 6.07) is 13.3. The van der Waals surface area contributed by atoms with Gasteiger partial charge in [-0.25, -0.2) is 4.90 Å². The Morgan fingerprint density at radius 3 is 2.28 bits per heavy atom. The second-order valence-corrected chi connectivity index (χ2v) is 9.52. The highest BCUT2D eigenvalue weighted by atomic mass is 16.5. The van der Waals surface area contributed by atoms with E-state index in [0.717, 1.165) is 11.1 Å². The number of ether oxygens (including phenoxy) is 1. The summed E-state index contributed by atoms with van der Waals surface area (Å²) in [4.78, 5) is 42.2. The zero-order chi connectivity index (χ0) is 22.8. The van der Waals surface area contributed by atoms with Gasteiger partial charge in [-0.1, -0.05) is 45.0 Å². The van der Waals surface area contributed by atoms with Crippen LogP contribution in [-0.2, 0) is 14.4 Å². The monoisotopic (exact) mass is 431 g/mol. The molecule has 3 aliphatic heterocycles. The molecule has 3 aliphatic rings. The lowest BCUT2D eigenvalue weighted by atomic mass is 9.79. The van der Waals surface area contributed by atoms with Crippen LogP contribution in [0.5, 0.6) is 5.75 Å². The maximum atomic E-state index is 13.7. The molecule has 2 amide bonds. The zero-order valence-corrected chi connectivity index (χ0v) is 18.5. The van der Waals surface area contributed by atoms with E-state index < -0.39 is 29.3 Å². The first kappa shape index (κ1) is 20.4. The van der Waals surface area contributed by atoms with Crippen molar-refractivity contribution in [2.75, 3.05) is 12.0 Å². The predicted molar refractivity (Wildman–Crippen MR) is 119 cm³/mol. The fraction of sp³-hybridized carbons (Fsp3) is 0.360. The Labute approximate surface area is 186 Å². The summed E-state index contributed by atoms with van der Waals surface area (Å²) in [5.41, 5.74) is 1.61. The molecule has 0 N–H and O–H groups in total. The SMILES string of the molecule is COc1ccc(N2C(=O)[C@H]3[C@H](C2=O)[C@H](C(=O)C(C)(C)C)N2N=Cc4ccccc4[C@H]32)cc1. The number of Topliss-reactive ketones (excluding diaryl/α,β-unsaturated/α-hetero) is 1. The third kappa shape index (κ3) is 2.80. The highest BCUT2D eigenvalue weighted by Crippen LogP contribution is 2.53. The number of imide groups is 1. The normalized spacial score (nSPS) is 26.1. The van der Waals surface area contributed by atoms with Gasteiger partial charge in [-0.2, -0.15) is 5.10 Å². The van der Waals surface area contributed by atoms with Crippen LogP contribution in [0.2, 0.25) is 0 Å². The number of methoxy groups -OCH3 is 1. The van der Waals surface area contributed by atoms with E-state index in [0.29, 0.717) is 11.4 Å². The Kier molecular flexibility index (Phi) is 4.48. The summed E-state index contributed by atoms with van der Waals surface area (Å²) < 4.78 is 5.20. The quantitative estimate of drug-likeness (QED) is 0.698. The summed E-state index contributed by atoms with van der Waals surface area (Å²) in [6.45, 7) is 5.51. The Balaban J connectivity index is 1.64. The van der Waals surface area contributed by atoms with Gasteiger partial charge in [0.2, 0.25) is 11.8 Å². The van der Waals surface area contributed by atoms with Gasteiger partial charge < -0.3 is 4.74 Å². The molecule has 32 heavy (non-hydrogen) atoms. The molecule has 0 radical (unpaired) electrons.